The quantitative estimate of drug-likeness (QED) is 0.800. The summed E-state index contributed by atoms with van der Waals surface area (Å²) in [5.74, 6) is 0.485. The number of hydrogen-bond donors (Lipinski definition) is 1. The summed E-state index contributed by atoms with van der Waals surface area (Å²) in [6, 6.07) is 8.65. The van der Waals surface area contributed by atoms with Crippen molar-refractivity contribution in [3.05, 3.63) is 29.8 Å². The minimum Gasteiger partial charge on any atom is -0.336 e. The Kier molecular flexibility index (Phi) is 6.05. The van der Waals surface area contributed by atoms with Crippen LogP contribution in [0.1, 0.15) is 51.0 Å². The van der Waals surface area contributed by atoms with Crippen molar-refractivity contribution < 1.29 is 9.59 Å². The lowest BCUT2D eigenvalue weighted by molar-refractivity contribution is -0.133. The number of hydrogen-bond acceptors (Lipinski definition) is 3. The van der Waals surface area contributed by atoms with E-state index >= 15 is 0 Å². The second kappa shape index (κ2) is 8.26. The molecule has 1 N–H and O–H groups in total. The molecule has 1 atom stereocenters. The molecule has 136 valence electrons. The lowest BCUT2D eigenvalue weighted by Crippen LogP contribution is -2.44. The second-order valence-corrected chi connectivity index (χ2v) is 8.61. The molecule has 2 fully saturated rings. The molecule has 3 rings (SSSR count). The van der Waals surface area contributed by atoms with Gasteiger partial charge in [0.05, 0.1) is 11.0 Å². The number of benzene rings is 1. The molecule has 2 aliphatic rings. The number of aryl methyl sites for hydroxylation is 1. The van der Waals surface area contributed by atoms with Crippen molar-refractivity contribution in [2.24, 2.45) is 0 Å². The lowest BCUT2D eigenvalue weighted by atomic mass is 10.2. The Morgan fingerprint density at radius 1 is 1.12 bits per heavy atom. The monoisotopic (exact) mass is 360 g/mol. The highest BCUT2D eigenvalue weighted by Crippen LogP contribution is 2.35. The summed E-state index contributed by atoms with van der Waals surface area (Å²) in [6.07, 6.45) is 7.06. The summed E-state index contributed by atoms with van der Waals surface area (Å²) in [5, 5.41) is 2.74. The van der Waals surface area contributed by atoms with Crippen LogP contribution in [0.25, 0.3) is 0 Å². The summed E-state index contributed by atoms with van der Waals surface area (Å²) in [4.78, 5) is 27.2. The Morgan fingerprint density at radius 3 is 2.32 bits per heavy atom. The van der Waals surface area contributed by atoms with Gasteiger partial charge < -0.3 is 10.2 Å². The molecule has 2 saturated carbocycles. The highest BCUT2D eigenvalue weighted by molar-refractivity contribution is 8.01. The average Bonchev–Trinajstić information content (AvgIpc) is 3.28. The Labute approximate surface area is 154 Å². The van der Waals surface area contributed by atoms with E-state index in [-0.39, 0.29) is 17.1 Å². The number of carbonyl (C=O) groups is 2. The molecular formula is C20H28N2O2S. The van der Waals surface area contributed by atoms with Gasteiger partial charge in [0.15, 0.2) is 0 Å². The van der Waals surface area contributed by atoms with Crippen LogP contribution in [0.3, 0.4) is 0 Å². The van der Waals surface area contributed by atoms with Crippen LogP contribution in [0, 0.1) is 6.92 Å². The minimum absolute atomic E-state index is 0.0488. The van der Waals surface area contributed by atoms with Gasteiger partial charge in [-0.15, -0.1) is 11.8 Å². The zero-order chi connectivity index (χ0) is 17.8. The Morgan fingerprint density at radius 2 is 1.72 bits per heavy atom. The molecular weight excluding hydrogens is 332 g/mol. The molecule has 0 aromatic heterocycles. The van der Waals surface area contributed by atoms with E-state index in [4.69, 9.17) is 0 Å². The molecule has 2 aliphatic carbocycles. The maximum absolute atomic E-state index is 12.9. The van der Waals surface area contributed by atoms with Crippen LogP contribution in [0.15, 0.2) is 24.3 Å². The second-order valence-electron chi connectivity index (χ2n) is 7.28. The van der Waals surface area contributed by atoms with Gasteiger partial charge in [-0.25, -0.2) is 0 Å². The van der Waals surface area contributed by atoms with E-state index in [1.165, 1.54) is 30.2 Å². The van der Waals surface area contributed by atoms with E-state index in [0.29, 0.717) is 17.8 Å². The van der Waals surface area contributed by atoms with E-state index in [9.17, 15) is 9.59 Å². The standard InChI is InChI=1S/C20H28N2O2S/c1-14-7-9-16(10-8-14)21-19(23)13-25-15(2)20(24)22(18-11-12-18)17-5-3-4-6-17/h7-10,15,17-18H,3-6,11-13H2,1-2H3,(H,21,23). The van der Waals surface area contributed by atoms with Gasteiger partial charge in [-0.1, -0.05) is 30.5 Å². The summed E-state index contributed by atoms with van der Waals surface area (Å²) in [7, 11) is 0. The van der Waals surface area contributed by atoms with Crippen LogP contribution in [0.2, 0.25) is 0 Å². The van der Waals surface area contributed by atoms with Crippen molar-refractivity contribution >= 4 is 29.3 Å². The van der Waals surface area contributed by atoms with E-state index < -0.39 is 0 Å². The topological polar surface area (TPSA) is 49.4 Å². The minimum atomic E-state index is -0.162. The van der Waals surface area contributed by atoms with Gasteiger partial charge in [0.1, 0.15) is 0 Å². The third-order valence-corrected chi connectivity index (χ3v) is 6.19. The Balaban J connectivity index is 1.48. The van der Waals surface area contributed by atoms with Crippen LogP contribution in [0.5, 0.6) is 0 Å². The predicted octanol–water partition coefficient (Wildman–Crippen LogP) is 3.99. The van der Waals surface area contributed by atoms with Crippen LogP contribution in [-0.2, 0) is 9.59 Å². The molecule has 4 nitrogen and oxygen atoms in total. The molecule has 0 radical (unpaired) electrons. The molecule has 1 aromatic carbocycles. The van der Waals surface area contributed by atoms with E-state index in [1.807, 2.05) is 38.1 Å². The van der Waals surface area contributed by atoms with Crippen molar-refractivity contribution in [3.8, 4) is 0 Å². The summed E-state index contributed by atoms with van der Waals surface area (Å²) in [6.45, 7) is 3.96. The maximum atomic E-state index is 12.9. The first-order valence-electron chi connectivity index (χ1n) is 9.35. The molecule has 2 amide bonds. The van der Waals surface area contributed by atoms with E-state index in [1.54, 1.807) is 0 Å². The number of nitrogens with one attached hydrogen (secondary N) is 1. The van der Waals surface area contributed by atoms with Crippen molar-refractivity contribution in [1.82, 2.24) is 4.90 Å². The zero-order valence-electron chi connectivity index (χ0n) is 15.2. The van der Waals surface area contributed by atoms with Gasteiger partial charge in [0.2, 0.25) is 11.8 Å². The predicted molar refractivity (Wildman–Crippen MR) is 104 cm³/mol. The smallest absolute Gasteiger partial charge is 0.235 e. The van der Waals surface area contributed by atoms with Gasteiger partial charge in [0, 0.05) is 17.8 Å². The first-order valence-corrected chi connectivity index (χ1v) is 10.4. The number of nitrogens with zero attached hydrogens (tertiary/aromatic N) is 1. The average molecular weight is 361 g/mol. The fraction of sp³-hybridized carbons (Fsp3) is 0.600. The van der Waals surface area contributed by atoms with Crippen LogP contribution >= 0.6 is 11.8 Å². The van der Waals surface area contributed by atoms with Gasteiger partial charge in [-0.05, 0) is 51.7 Å². The van der Waals surface area contributed by atoms with Gasteiger partial charge in [-0.2, -0.15) is 0 Å². The van der Waals surface area contributed by atoms with Gasteiger partial charge >= 0.3 is 0 Å². The van der Waals surface area contributed by atoms with Gasteiger partial charge in [-0.3, -0.25) is 9.59 Å². The van der Waals surface area contributed by atoms with Crippen LogP contribution < -0.4 is 5.32 Å². The number of thioether (sulfide) groups is 1. The number of anilines is 1. The first-order chi connectivity index (χ1) is 12.0. The fourth-order valence-corrected chi connectivity index (χ4v) is 4.25. The SMILES string of the molecule is Cc1ccc(NC(=O)CSC(C)C(=O)N(C2CCCC2)C2CC2)cc1. The molecule has 0 saturated heterocycles. The van der Waals surface area contributed by atoms with Crippen molar-refractivity contribution in [3.63, 3.8) is 0 Å². The molecule has 0 bridgehead atoms. The molecule has 1 aromatic rings. The molecule has 0 aliphatic heterocycles. The Bertz CT molecular complexity index is 607. The highest BCUT2D eigenvalue weighted by atomic mass is 32.2. The van der Waals surface area contributed by atoms with Crippen molar-refractivity contribution in [2.75, 3.05) is 11.1 Å². The Hall–Kier alpha value is -1.49. The molecule has 0 spiro atoms. The molecule has 1 unspecified atom stereocenters. The van der Waals surface area contributed by atoms with E-state index in [0.717, 1.165) is 31.4 Å². The lowest BCUT2D eigenvalue weighted by Gasteiger charge is -2.31. The molecule has 25 heavy (non-hydrogen) atoms. The number of carbonyl (C=O) groups excluding carboxylic acids is 2. The highest BCUT2D eigenvalue weighted by Gasteiger charge is 2.39. The number of rotatable bonds is 7. The number of amides is 2. The van der Waals surface area contributed by atoms with Crippen molar-refractivity contribution in [1.29, 1.82) is 0 Å². The third-order valence-electron chi connectivity index (χ3n) is 5.06. The maximum Gasteiger partial charge on any atom is 0.235 e. The summed E-state index contributed by atoms with van der Waals surface area (Å²) >= 11 is 1.44. The third kappa shape index (κ3) is 5.00. The van der Waals surface area contributed by atoms with E-state index in [2.05, 4.69) is 10.2 Å². The molecule has 5 heteroatoms. The van der Waals surface area contributed by atoms with Crippen LogP contribution in [-0.4, -0.2) is 39.8 Å². The molecule has 0 heterocycles. The zero-order valence-corrected chi connectivity index (χ0v) is 16.0. The van der Waals surface area contributed by atoms with Crippen molar-refractivity contribution in [2.45, 2.75) is 69.7 Å². The summed E-state index contributed by atoms with van der Waals surface area (Å²) < 4.78 is 0. The fourth-order valence-electron chi connectivity index (χ4n) is 3.51. The van der Waals surface area contributed by atoms with Gasteiger partial charge in [0.25, 0.3) is 0 Å². The normalized spacial score (nSPS) is 18.8. The first kappa shape index (κ1) is 18.3. The summed E-state index contributed by atoms with van der Waals surface area (Å²) in [5.41, 5.74) is 1.97. The van der Waals surface area contributed by atoms with Crippen LogP contribution in [0.4, 0.5) is 5.69 Å². The largest absolute Gasteiger partial charge is 0.336 e.